The van der Waals surface area contributed by atoms with Crippen molar-refractivity contribution < 1.29 is 4.79 Å². The van der Waals surface area contributed by atoms with Crippen molar-refractivity contribution in [2.45, 2.75) is 33.7 Å². The number of hydrogen-bond donors (Lipinski definition) is 1. The molecule has 0 fully saturated rings. The number of aromatic nitrogens is 4. The van der Waals surface area contributed by atoms with Gasteiger partial charge in [-0.3, -0.25) is 9.59 Å². The predicted octanol–water partition coefficient (Wildman–Crippen LogP) is 3.21. The van der Waals surface area contributed by atoms with E-state index in [-0.39, 0.29) is 11.5 Å². The number of halogens is 1. The first-order valence-electron chi connectivity index (χ1n) is 8.47. The van der Waals surface area contributed by atoms with Crippen molar-refractivity contribution >= 4 is 23.2 Å². The molecule has 1 atom stereocenters. The second-order valence-electron chi connectivity index (χ2n) is 6.39. The monoisotopic (exact) mass is 385 g/mol. The lowest BCUT2D eigenvalue weighted by molar-refractivity contribution is -0.119. The molecule has 1 unspecified atom stereocenters. The number of nitrogens with one attached hydrogen (secondary N) is 1. The van der Waals surface area contributed by atoms with Crippen LogP contribution >= 0.6 is 11.6 Å². The van der Waals surface area contributed by atoms with Crippen LogP contribution in [-0.2, 0) is 4.79 Å². The van der Waals surface area contributed by atoms with Gasteiger partial charge < -0.3 is 5.32 Å². The summed E-state index contributed by atoms with van der Waals surface area (Å²) in [4.78, 5) is 25.0. The molecule has 0 spiro atoms. The molecule has 0 bridgehead atoms. The molecule has 0 aliphatic rings. The fourth-order valence-electron chi connectivity index (χ4n) is 2.76. The van der Waals surface area contributed by atoms with E-state index in [1.54, 1.807) is 35.9 Å². The average molecular weight is 386 g/mol. The zero-order chi connectivity index (χ0) is 19.7. The molecule has 1 N–H and O–H groups in total. The van der Waals surface area contributed by atoms with Crippen LogP contribution in [0, 0.1) is 20.8 Å². The molecule has 3 rings (SSSR count). The topological polar surface area (TPSA) is 81.8 Å². The minimum atomic E-state index is -0.812. The lowest BCUT2D eigenvalue weighted by Crippen LogP contribution is -2.34. The van der Waals surface area contributed by atoms with Gasteiger partial charge in [0.1, 0.15) is 6.04 Å². The first-order valence-corrected chi connectivity index (χ1v) is 8.85. The van der Waals surface area contributed by atoms with Gasteiger partial charge in [0, 0.05) is 22.5 Å². The third kappa shape index (κ3) is 3.78. The molecule has 7 nitrogen and oxygen atoms in total. The van der Waals surface area contributed by atoms with E-state index in [4.69, 9.17) is 11.6 Å². The van der Waals surface area contributed by atoms with Crippen molar-refractivity contribution in [3.63, 3.8) is 0 Å². The molecule has 1 amide bonds. The number of anilines is 1. The summed E-state index contributed by atoms with van der Waals surface area (Å²) >= 11 is 6.10. The minimum Gasteiger partial charge on any atom is -0.324 e. The van der Waals surface area contributed by atoms with Gasteiger partial charge in [-0.2, -0.15) is 5.10 Å². The number of carbonyl (C=O) groups is 1. The summed E-state index contributed by atoms with van der Waals surface area (Å²) < 4.78 is 2.79. The van der Waals surface area contributed by atoms with E-state index < -0.39 is 6.04 Å². The maximum atomic E-state index is 12.7. The number of nitrogens with zero attached hydrogens (tertiary/aromatic N) is 4. The van der Waals surface area contributed by atoms with Gasteiger partial charge in [-0.25, -0.2) is 9.36 Å². The third-order valence-corrected chi connectivity index (χ3v) is 4.72. The summed E-state index contributed by atoms with van der Waals surface area (Å²) in [5, 5.41) is 12.1. The van der Waals surface area contributed by atoms with Crippen LogP contribution in [-0.4, -0.2) is 25.5 Å². The van der Waals surface area contributed by atoms with Gasteiger partial charge in [-0.05, 0) is 57.5 Å². The van der Waals surface area contributed by atoms with E-state index in [0.29, 0.717) is 16.5 Å². The summed E-state index contributed by atoms with van der Waals surface area (Å²) in [7, 11) is 0. The highest BCUT2D eigenvalue weighted by molar-refractivity contribution is 6.31. The number of hydrogen-bond acceptors (Lipinski definition) is 4. The average Bonchev–Trinajstić information content (AvgIpc) is 2.97. The number of rotatable bonds is 4. The number of amides is 1. The van der Waals surface area contributed by atoms with Crippen LogP contribution in [0.3, 0.4) is 0 Å². The zero-order valence-corrected chi connectivity index (χ0v) is 16.3. The summed E-state index contributed by atoms with van der Waals surface area (Å²) in [5.74, 6) is 0.110. The third-order valence-electron chi connectivity index (χ3n) is 4.31. The summed E-state index contributed by atoms with van der Waals surface area (Å²) in [6.45, 7) is 7.21. The Bertz CT molecular complexity index is 1070. The maximum absolute atomic E-state index is 12.7. The lowest BCUT2D eigenvalue weighted by atomic mass is 10.2. The van der Waals surface area contributed by atoms with Gasteiger partial charge in [-0.1, -0.05) is 17.7 Å². The number of carbonyl (C=O) groups excluding carboxylic acids is 1. The molecule has 0 aliphatic carbocycles. The Balaban J connectivity index is 1.92. The van der Waals surface area contributed by atoms with Gasteiger partial charge >= 0.3 is 0 Å². The molecular formula is C19H20ClN5O2. The predicted molar refractivity (Wildman–Crippen MR) is 105 cm³/mol. The molecule has 0 saturated heterocycles. The molecule has 0 radical (unpaired) electrons. The van der Waals surface area contributed by atoms with Crippen LogP contribution in [0.1, 0.15) is 29.9 Å². The SMILES string of the molecule is Cc1cc(C)n(-c2ccc(=O)n(C(C)C(=O)Nc3cccc(Cl)c3C)n2)n1. The fourth-order valence-corrected chi connectivity index (χ4v) is 2.93. The van der Waals surface area contributed by atoms with Crippen LogP contribution in [0.15, 0.2) is 41.2 Å². The molecule has 0 saturated carbocycles. The van der Waals surface area contributed by atoms with Crippen molar-refractivity contribution in [2.24, 2.45) is 0 Å². The smallest absolute Gasteiger partial charge is 0.267 e. The van der Waals surface area contributed by atoms with Gasteiger partial charge in [0.15, 0.2) is 5.82 Å². The molecule has 8 heteroatoms. The van der Waals surface area contributed by atoms with Crippen LogP contribution in [0.5, 0.6) is 0 Å². The lowest BCUT2D eigenvalue weighted by Gasteiger charge is -2.16. The van der Waals surface area contributed by atoms with Gasteiger partial charge in [0.25, 0.3) is 5.56 Å². The van der Waals surface area contributed by atoms with Crippen LogP contribution in [0.25, 0.3) is 5.82 Å². The van der Waals surface area contributed by atoms with Gasteiger partial charge in [0.05, 0.1) is 5.69 Å². The van der Waals surface area contributed by atoms with Crippen LogP contribution in [0.4, 0.5) is 5.69 Å². The Kier molecular flexibility index (Phi) is 5.14. The largest absolute Gasteiger partial charge is 0.324 e. The molecule has 27 heavy (non-hydrogen) atoms. The first-order chi connectivity index (χ1) is 12.8. The van der Waals surface area contributed by atoms with E-state index in [2.05, 4.69) is 15.5 Å². The summed E-state index contributed by atoms with van der Waals surface area (Å²) in [6.07, 6.45) is 0. The Labute approximate surface area is 161 Å². The van der Waals surface area contributed by atoms with Gasteiger partial charge in [-0.15, -0.1) is 5.10 Å². The second kappa shape index (κ2) is 7.36. The van der Waals surface area contributed by atoms with E-state index in [9.17, 15) is 9.59 Å². The molecule has 3 aromatic rings. The fraction of sp³-hybridized carbons (Fsp3) is 0.263. The van der Waals surface area contributed by atoms with E-state index in [1.807, 2.05) is 26.8 Å². The van der Waals surface area contributed by atoms with Crippen molar-refractivity contribution in [3.05, 3.63) is 68.7 Å². The molecular weight excluding hydrogens is 366 g/mol. The van der Waals surface area contributed by atoms with Gasteiger partial charge in [0.2, 0.25) is 5.91 Å². The molecule has 2 heterocycles. The first kappa shape index (κ1) is 18.8. The Morgan fingerprint density at radius 3 is 2.56 bits per heavy atom. The Morgan fingerprint density at radius 2 is 1.89 bits per heavy atom. The maximum Gasteiger partial charge on any atom is 0.267 e. The van der Waals surface area contributed by atoms with Crippen molar-refractivity contribution in [3.8, 4) is 5.82 Å². The Morgan fingerprint density at radius 1 is 1.15 bits per heavy atom. The summed E-state index contributed by atoms with van der Waals surface area (Å²) in [6, 6.07) is 9.33. The number of benzene rings is 1. The van der Waals surface area contributed by atoms with Crippen molar-refractivity contribution in [1.82, 2.24) is 19.6 Å². The Hall–Kier alpha value is -2.93. The van der Waals surface area contributed by atoms with Crippen LogP contribution in [0.2, 0.25) is 5.02 Å². The second-order valence-corrected chi connectivity index (χ2v) is 6.80. The van der Waals surface area contributed by atoms with Crippen molar-refractivity contribution in [2.75, 3.05) is 5.32 Å². The van der Waals surface area contributed by atoms with E-state index in [0.717, 1.165) is 21.6 Å². The highest BCUT2D eigenvalue weighted by Gasteiger charge is 2.19. The normalized spacial score (nSPS) is 12.0. The minimum absolute atomic E-state index is 0.361. The highest BCUT2D eigenvalue weighted by atomic mass is 35.5. The quantitative estimate of drug-likeness (QED) is 0.747. The van der Waals surface area contributed by atoms with Crippen molar-refractivity contribution in [1.29, 1.82) is 0 Å². The molecule has 140 valence electrons. The highest BCUT2D eigenvalue weighted by Crippen LogP contribution is 2.23. The molecule has 2 aromatic heterocycles. The zero-order valence-electron chi connectivity index (χ0n) is 15.5. The van der Waals surface area contributed by atoms with Crippen LogP contribution < -0.4 is 10.9 Å². The standard InChI is InChI=1S/C19H20ClN5O2/c1-11-10-12(2)24(22-11)17-8-9-18(26)25(23-17)14(4)19(27)21-16-7-5-6-15(20)13(16)3/h5-10,14H,1-4H3,(H,21,27). The van der Waals surface area contributed by atoms with E-state index in [1.165, 1.54) is 6.07 Å². The number of aryl methyl sites for hydroxylation is 2. The van der Waals surface area contributed by atoms with E-state index >= 15 is 0 Å². The summed E-state index contributed by atoms with van der Waals surface area (Å²) in [5.41, 5.74) is 2.72. The molecule has 1 aromatic carbocycles. The molecule has 0 aliphatic heterocycles.